The van der Waals surface area contributed by atoms with Crippen LogP contribution in [0.4, 0.5) is 0 Å². The molecule has 10 heavy (non-hydrogen) atoms. The van der Waals surface area contributed by atoms with Crippen molar-refractivity contribution in [3.05, 3.63) is 0 Å². The summed E-state index contributed by atoms with van der Waals surface area (Å²) in [4.78, 5) is 0. The summed E-state index contributed by atoms with van der Waals surface area (Å²) in [7, 11) is 3.61. The first-order valence-electron chi connectivity index (χ1n) is 3.58. The third kappa shape index (κ3) is 7.36. The summed E-state index contributed by atoms with van der Waals surface area (Å²) in [6.45, 7) is 1.99. The number of hydrogen-bond acceptors (Lipinski definition) is 3. The molecule has 4 nitrogen and oxygen atoms in total. The summed E-state index contributed by atoms with van der Waals surface area (Å²) in [6, 6.07) is 0. The van der Waals surface area contributed by atoms with E-state index in [9.17, 15) is 0 Å². The van der Waals surface area contributed by atoms with Crippen molar-refractivity contribution >= 4 is 0 Å². The summed E-state index contributed by atoms with van der Waals surface area (Å²) >= 11 is 0. The van der Waals surface area contributed by atoms with Crippen molar-refractivity contribution in [1.82, 2.24) is 10.7 Å². The van der Waals surface area contributed by atoms with Crippen LogP contribution in [-0.4, -0.2) is 27.2 Å². The van der Waals surface area contributed by atoms with Gasteiger partial charge in [-0.1, -0.05) is 5.22 Å². The van der Waals surface area contributed by atoms with Crippen molar-refractivity contribution in [1.29, 1.82) is 0 Å². The van der Waals surface area contributed by atoms with E-state index in [1.165, 1.54) is 6.42 Å². The Bertz CT molecular complexity index is 81.8. The van der Waals surface area contributed by atoms with Crippen LogP contribution in [0, 0.1) is 0 Å². The molecule has 4 heteroatoms. The van der Waals surface area contributed by atoms with E-state index < -0.39 is 0 Å². The fourth-order valence-corrected chi connectivity index (χ4v) is 0.627. The van der Waals surface area contributed by atoms with Crippen molar-refractivity contribution in [3.63, 3.8) is 0 Å². The second-order valence-electron chi connectivity index (χ2n) is 2.02. The Morgan fingerprint density at radius 2 is 1.90 bits per heavy atom. The highest BCUT2D eigenvalue weighted by atomic mass is 15.4. The van der Waals surface area contributed by atoms with Gasteiger partial charge in [0.2, 0.25) is 0 Å². The number of unbranched alkanes of at least 4 members (excludes halogenated alkanes) is 1. The number of nitrogens with one attached hydrogen (secondary N) is 2. The fourth-order valence-electron chi connectivity index (χ4n) is 0.627. The van der Waals surface area contributed by atoms with Crippen LogP contribution < -0.4 is 10.7 Å². The molecule has 0 spiro atoms. The molecule has 0 aromatic heterocycles. The van der Waals surface area contributed by atoms with Gasteiger partial charge in [-0.05, 0) is 26.4 Å². The molecule has 2 N–H and O–H groups in total. The van der Waals surface area contributed by atoms with Crippen LogP contribution in [0.15, 0.2) is 10.3 Å². The Kier molecular flexibility index (Phi) is 7.82. The molecule has 0 atom stereocenters. The van der Waals surface area contributed by atoms with E-state index in [0.717, 1.165) is 19.5 Å². The zero-order chi connectivity index (χ0) is 7.66. The predicted molar refractivity (Wildman–Crippen MR) is 41.9 cm³/mol. The minimum absolute atomic E-state index is 0.916. The molecule has 0 aromatic carbocycles. The lowest BCUT2D eigenvalue weighted by atomic mass is 10.3. The van der Waals surface area contributed by atoms with E-state index >= 15 is 0 Å². The smallest absolute Gasteiger partial charge is 0.0509 e. The maximum atomic E-state index is 3.62. The second-order valence-corrected chi connectivity index (χ2v) is 2.02. The summed E-state index contributed by atoms with van der Waals surface area (Å²) < 4.78 is 0. The Hall–Kier alpha value is -0.640. The highest BCUT2D eigenvalue weighted by Crippen LogP contribution is 1.82. The van der Waals surface area contributed by atoms with E-state index in [2.05, 4.69) is 21.1 Å². The minimum atomic E-state index is 0.916. The second kappa shape index (κ2) is 8.36. The molecule has 0 aliphatic carbocycles. The Balaban J connectivity index is 2.77. The first-order valence-corrected chi connectivity index (χ1v) is 3.58. The lowest BCUT2D eigenvalue weighted by Gasteiger charge is -1.97. The van der Waals surface area contributed by atoms with E-state index in [-0.39, 0.29) is 0 Å². The van der Waals surface area contributed by atoms with E-state index in [1.807, 2.05) is 7.05 Å². The highest BCUT2D eigenvalue weighted by molar-refractivity contribution is 4.44. The predicted octanol–water partition coefficient (Wildman–Crippen LogP) is 0.573. The molecular formula is C6H16N4. The van der Waals surface area contributed by atoms with Gasteiger partial charge in [0.15, 0.2) is 0 Å². The molecule has 0 aliphatic rings. The number of nitrogens with zero attached hydrogens (tertiary/aromatic N) is 2. The summed E-state index contributed by atoms with van der Waals surface area (Å²) in [5.74, 6) is 0. The van der Waals surface area contributed by atoms with Crippen molar-refractivity contribution < 1.29 is 0 Å². The average Bonchev–Trinajstić information content (AvgIpc) is 1.97. The molecule has 0 bridgehead atoms. The monoisotopic (exact) mass is 144 g/mol. The van der Waals surface area contributed by atoms with Crippen molar-refractivity contribution in [2.45, 2.75) is 12.8 Å². The molecule has 0 unspecified atom stereocenters. The van der Waals surface area contributed by atoms with Gasteiger partial charge in [0.05, 0.1) is 7.05 Å². The van der Waals surface area contributed by atoms with Crippen LogP contribution >= 0.6 is 0 Å². The topological polar surface area (TPSA) is 48.8 Å². The lowest BCUT2D eigenvalue weighted by molar-refractivity contribution is 0.605. The normalized spacial score (nSPS) is 10.6. The quantitative estimate of drug-likeness (QED) is 0.325. The van der Waals surface area contributed by atoms with Crippen molar-refractivity contribution in [2.75, 3.05) is 27.2 Å². The fraction of sp³-hybridized carbons (Fsp3) is 1.00. The zero-order valence-electron chi connectivity index (χ0n) is 6.72. The third-order valence-electron chi connectivity index (χ3n) is 1.14. The van der Waals surface area contributed by atoms with Gasteiger partial charge in [-0.15, -0.1) is 0 Å². The largest absolute Gasteiger partial charge is 0.320 e. The third-order valence-corrected chi connectivity index (χ3v) is 1.14. The maximum Gasteiger partial charge on any atom is 0.0509 e. The Morgan fingerprint density at radius 3 is 2.50 bits per heavy atom. The number of rotatable bonds is 6. The van der Waals surface area contributed by atoms with E-state index in [1.54, 1.807) is 7.05 Å². The van der Waals surface area contributed by atoms with Crippen LogP contribution in [0.25, 0.3) is 0 Å². The van der Waals surface area contributed by atoms with E-state index in [0.29, 0.717) is 0 Å². The van der Waals surface area contributed by atoms with Gasteiger partial charge in [-0.25, -0.2) is 0 Å². The summed E-state index contributed by atoms with van der Waals surface area (Å²) in [6.07, 6.45) is 2.32. The molecular weight excluding hydrogens is 128 g/mol. The van der Waals surface area contributed by atoms with Crippen LogP contribution in [0.3, 0.4) is 0 Å². The zero-order valence-corrected chi connectivity index (χ0v) is 6.72. The van der Waals surface area contributed by atoms with Crippen LogP contribution in [0.1, 0.15) is 12.8 Å². The first-order chi connectivity index (χ1) is 4.91. The molecule has 0 aromatic rings. The average molecular weight is 144 g/mol. The first kappa shape index (κ1) is 9.36. The van der Waals surface area contributed by atoms with Crippen LogP contribution in [-0.2, 0) is 0 Å². The van der Waals surface area contributed by atoms with Gasteiger partial charge in [-0.2, -0.15) is 5.11 Å². The molecule has 0 radical (unpaired) electrons. The van der Waals surface area contributed by atoms with Crippen molar-refractivity contribution in [3.8, 4) is 0 Å². The molecule has 0 saturated carbocycles. The standard InChI is InChI=1S/C6H16N4/c1-7-5-3-4-6-9-10-8-2/h7H,3-6H2,1-2H3,(H,8,9). The number of hydrogen-bond donors (Lipinski definition) is 2. The van der Waals surface area contributed by atoms with Gasteiger partial charge in [-0.3, -0.25) is 5.43 Å². The van der Waals surface area contributed by atoms with Gasteiger partial charge in [0, 0.05) is 6.54 Å². The Labute approximate surface area is 62.1 Å². The van der Waals surface area contributed by atoms with Gasteiger partial charge in [0.25, 0.3) is 0 Å². The van der Waals surface area contributed by atoms with E-state index in [4.69, 9.17) is 0 Å². The molecule has 0 aliphatic heterocycles. The minimum Gasteiger partial charge on any atom is -0.320 e. The molecule has 0 rings (SSSR count). The van der Waals surface area contributed by atoms with Gasteiger partial charge >= 0.3 is 0 Å². The van der Waals surface area contributed by atoms with Gasteiger partial charge < -0.3 is 5.32 Å². The summed E-state index contributed by atoms with van der Waals surface area (Å²) in [5.41, 5.74) is 2.82. The summed E-state index contributed by atoms with van der Waals surface area (Å²) in [5, 5.41) is 10.3. The van der Waals surface area contributed by atoms with Crippen LogP contribution in [0.5, 0.6) is 0 Å². The Morgan fingerprint density at radius 1 is 1.20 bits per heavy atom. The van der Waals surface area contributed by atoms with Crippen molar-refractivity contribution in [2.24, 2.45) is 10.3 Å². The SMILES string of the molecule is CN=NNCCCCNC. The lowest BCUT2D eigenvalue weighted by Crippen LogP contribution is -2.11. The molecule has 0 heterocycles. The molecule has 0 amide bonds. The maximum absolute atomic E-state index is 3.62. The van der Waals surface area contributed by atoms with Crippen LogP contribution in [0.2, 0.25) is 0 Å². The molecule has 60 valence electrons. The highest BCUT2D eigenvalue weighted by Gasteiger charge is 1.83. The molecule has 0 fully saturated rings. The van der Waals surface area contributed by atoms with Gasteiger partial charge in [0.1, 0.15) is 0 Å². The molecule has 0 saturated heterocycles.